The molecule has 0 spiro atoms. The maximum Gasteiger partial charge on any atom is 0.227 e. The summed E-state index contributed by atoms with van der Waals surface area (Å²) in [6.45, 7) is 1.04. The molecule has 0 bridgehead atoms. The number of hydrogen-bond acceptors (Lipinski definition) is 3. The lowest BCUT2D eigenvalue weighted by Crippen LogP contribution is -2.52. The summed E-state index contributed by atoms with van der Waals surface area (Å²) in [5.74, 6) is -1.78. The fourth-order valence-electron chi connectivity index (χ4n) is 3.13. The van der Waals surface area contributed by atoms with Crippen molar-refractivity contribution in [2.75, 3.05) is 19.8 Å². The van der Waals surface area contributed by atoms with Gasteiger partial charge < -0.3 is 15.0 Å². The van der Waals surface area contributed by atoms with Crippen molar-refractivity contribution in [3.8, 4) is 0 Å². The monoisotopic (exact) mass is 352 g/mol. The molecule has 1 saturated carbocycles. The van der Waals surface area contributed by atoms with E-state index in [0.29, 0.717) is 13.2 Å². The summed E-state index contributed by atoms with van der Waals surface area (Å²) in [5.41, 5.74) is 0.149. The predicted molar refractivity (Wildman–Crippen MR) is 86.8 cm³/mol. The Labute approximate surface area is 145 Å². The largest absolute Gasteiger partial charge is 0.377 e. The zero-order valence-corrected chi connectivity index (χ0v) is 14.0. The Hall–Kier alpha value is -2.02. The van der Waals surface area contributed by atoms with Crippen LogP contribution in [0.15, 0.2) is 18.2 Å². The van der Waals surface area contributed by atoms with Gasteiger partial charge in [-0.15, -0.1) is 0 Å². The lowest BCUT2D eigenvalue weighted by molar-refractivity contribution is -0.141. The molecule has 1 aliphatic carbocycles. The van der Waals surface area contributed by atoms with E-state index in [0.717, 1.165) is 31.4 Å². The van der Waals surface area contributed by atoms with Crippen LogP contribution in [0.2, 0.25) is 0 Å². The quantitative estimate of drug-likeness (QED) is 0.879. The minimum atomic E-state index is -0.735. The molecule has 0 radical (unpaired) electrons. The molecule has 2 fully saturated rings. The molecule has 2 aliphatic rings. The maximum absolute atomic E-state index is 13.8. The van der Waals surface area contributed by atoms with E-state index in [2.05, 4.69) is 5.32 Å². The van der Waals surface area contributed by atoms with Gasteiger partial charge in [-0.05, 0) is 30.9 Å². The molecule has 1 unspecified atom stereocenters. The topological polar surface area (TPSA) is 58.6 Å². The first-order chi connectivity index (χ1) is 12.0. The lowest BCUT2D eigenvalue weighted by Gasteiger charge is -2.36. The lowest BCUT2D eigenvalue weighted by atomic mass is 9.93. The molecule has 1 atom stereocenters. The van der Waals surface area contributed by atoms with Gasteiger partial charge in [0.15, 0.2) is 0 Å². The molecule has 25 heavy (non-hydrogen) atoms. The van der Waals surface area contributed by atoms with Crippen LogP contribution in [0, 0.1) is 11.6 Å². The molecule has 1 aromatic carbocycles. The molecule has 1 N–H and O–H groups in total. The first kappa shape index (κ1) is 17.8. The van der Waals surface area contributed by atoms with Gasteiger partial charge in [0, 0.05) is 25.1 Å². The van der Waals surface area contributed by atoms with Gasteiger partial charge in [0.1, 0.15) is 11.6 Å². The summed E-state index contributed by atoms with van der Waals surface area (Å²) in [7, 11) is 0. The summed E-state index contributed by atoms with van der Waals surface area (Å²) < 4.78 is 32.2. The highest BCUT2D eigenvalue weighted by Gasteiger charge is 2.30. The van der Waals surface area contributed by atoms with Gasteiger partial charge in [-0.3, -0.25) is 9.59 Å². The molecule has 1 saturated heterocycles. The summed E-state index contributed by atoms with van der Waals surface area (Å²) in [6, 6.07) is 3.07. The summed E-state index contributed by atoms with van der Waals surface area (Å²) >= 11 is 0. The van der Waals surface area contributed by atoms with Crippen LogP contribution in [0.4, 0.5) is 8.78 Å². The molecule has 136 valence electrons. The van der Waals surface area contributed by atoms with Crippen LogP contribution in [0.3, 0.4) is 0 Å². The first-order valence-corrected chi connectivity index (χ1v) is 8.63. The van der Waals surface area contributed by atoms with E-state index in [9.17, 15) is 18.4 Å². The van der Waals surface area contributed by atoms with Crippen LogP contribution < -0.4 is 5.32 Å². The zero-order valence-electron chi connectivity index (χ0n) is 14.0. The van der Waals surface area contributed by atoms with Crippen molar-refractivity contribution < 1.29 is 23.1 Å². The van der Waals surface area contributed by atoms with E-state index in [1.807, 2.05) is 0 Å². The smallest absolute Gasteiger partial charge is 0.227 e. The minimum absolute atomic E-state index is 0.0917. The van der Waals surface area contributed by atoms with Crippen LogP contribution in [-0.4, -0.2) is 48.6 Å². The van der Waals surface area contributed by atoms with Crippen LogP contribution in [0.1, 0.15) is 31.2 Å². The molecule has 1 aromatic rings. The van der Waals surface area contributed by atoms with Gasteiger partial charge in [-0.1, -0.05) is 6.07 Å². The van der Waals surface area contributed by atoms with Crippen LogP contribution in [0.25, 0.3) is 0 Å². The van der Waals surface area contributed by atoms with Crippen molar-refractivity contribution >= 4 is 11.8 Å². The maximum atomic E-state index is 13.8. The Bertz CT molecular complexity index is 649. The van der Waals surface area contributed by atoms with Gasteiger partial charge in [0.05, 0.1) is 25.7 Å². The second-order valence-electron chi connectivity index (χ2n) is 6.63. The third-order valence-electron chi connectivity index (χ3n) is 4.80. The number of nitrogens with one attached hydrogen (secondary N) is 1. The van der Waals surface area contributed by atoms with E-state index in [1.54, 1.807) is 4.90 Å². The fraction of sp³-hybridized carbons (Fsp3) is 0.556. The van der Waals surface area contributed by atoms with Crippen LogP contribution in [-0.2, 0) is 20.7 Å². The molecule has 1 aliphatic heterocycles. The summed E-state index contributed by atoms with van der Waals surface area (Å²) in [4.78, 5) is 26.3. The predicted octanol–water partition coefficient (Wildman–Crippen LogP) is 1.79. The highest BCUT2D eigenvalue weighted by Crippen LogP contribution is 2.19. The standard InChI is InChI=1S/C18H22F2N2O3/c19-13-5-4-12(16(20)9-13)8-18(24)22-6-7-25-11-15(22)10-17(23)21-14-2-1-3-14/h4-5,9,14-15H,1-3,6-8,10-11H2,(H,21,23). The average Bonchev–Trinajstić information content (AvgIpc) is 2.54. The highest BCUT2D eigenvalue weighted by molar-refractivity contribution is 5.81. The number of hydrogen-bond donors (Lipinski definition) is 1. The number of rotatable bonds is 5. The SMILES string of the molecule is O=C(CC1COCCN1C(=O)Cc1ccc(F)cc1F)NC1CCC1. The van der Waals surface area contributed by atoms with Gasteiger partial charge in [0.25, 0.3) is 0 Å². The van der Waals surface area contributed by atoms with E-state index < -0.39 is 11.6 Å². The molecule has 5 nitrogen and oxygen atoms in total. The van der Waals surface area contributed by atoms with E-state index >= 15 is 0 Å². The van der Waals surface area contributed by atoms with Crippen molar-refractivity contribution in [3.05, 3.63) is 35.4 Å². The molecular formula is C18H22F2N2O3. The van der Waals surface area contributed by atoms with Crippen molar-refractivity contribution in [3.63, 3.8) is 0 Å². The number of morpholine rings is 1. The van der Waals surface area contributed by atoms with Crippen molar-refractivity contribution in [2.45, 2.75) is 44.2 Å². The van der Waals surface area contributed by atoms with Crippen LogP contribution in [0.5, 0.6) is 0 Å². The molecule has 7 heteroatoms. The molecular weight excluding hydrogens is 330 g/mol. The Morgan fingerprint density at radius 1 is 1.28 bits per heavy atom. The third kappa shape index (κ3) is 4.54. The number of carbonyl (C=O) groups excluding carboxylic acids is 2. The number of ether oxygens (including phenoxy) is 1. The number of benzene rings is 1. The number of amides is 2. The van der Waals surface area contributed by atoms with Gasteiger partial charge in [-0.25, -0.2) is 8.78 Å². The van der Waals surface area contributed by atoms with Crippen molar-refractivity contribution in [1.82, 2.24) is 10.2 Å². The Kier molecular flexibility index (Phi) is 5.63. The Morgan fingerprint density at radius 3 is 2.76 bits per heavy atom. The fourth-order valence-corrected chi connectivity index (χ4v) is 3.13. The van der Waals surface area contributed by atoms with Gasteiger partial charge in [0.2, 0.25) is 11.8 Å². The Balaban J connectivity index is 1.60. The van der Waals surface area contributed by atoms with Gasteiger partial charge >= 0.3 is 0 Å². The van der Waals surface area contributed by atoms with E-state index in [4.69, 9.17) is 4.74 Å². The second-order valence-corrected chi connectivity index (χ2v) is 6.63. The number of carbonyl (C=O) groups is 2. The normalized spacial score (nSPS) is 20.9. The van der Waals surface area contributed by atoms with Gasteiger partial charge in [-0.2, -0.15) is 0 Å². The second kappa shape index (κ2) is 7.91. The average molecular weight is 352 g/mol. The molecule has 3 rings (SSSR count). The van der Waals surface area contributed by atoms with E-state index in [-0.39, 0.29) is 48.9 Å². The Morgan fingerprint density at radius 2 is 2.08 bits per heavy atom. The molecule has 0 aromatic heterocycles. The number of nitrogens with zero attached hydrogens (tertiary/aromatic N) is 1. The highest BCUT2D eigenvalue weighted by atomic mass is 19.1. The van der Waals surface area contributed by atoms with E-state index in [1.165, 1.54) is 6.07 Å². The minimum Gasteiger partial charge on any atom is -0.377 e. The summed E-state index contributed by atoms with van der Waals surface area (Å²) in [6.07, 6.45) is 3.14. The van der Waals surface area contributed by atoms with Crippen molar-refractivity contribution in [1.29, 1.82) is 0 Å². The molecule has 2 amide bonds. The first-order valence-electron chi connectivity index (χ1n) is 8.63. The van der Waals surface area contributed by atoms with Crippen LogP contribution >= 0.6 is 0 Å². The number of halogens is 2. The third-order valence-corrected chi connectivity index (χ3v) is 4.80. The molecule has 1 heterocycles. The zero-order chi connectivity index (χ0) is 17.8. The van der Waals surface area contributed by atoms with Crippen molar-refractivity contribution in [2.24, 2.45) is 0 Å². The summed E-state index contributed by atoms with van der Waals surface area (Å²) in [5, 5.41) is 2.95.